The summed E-state index contributed by atoms with van der Waals surface area (Å²) in [4.78, 5) is 21.7. The lowest BCUT2D eigenvalue weighted by Crippen LogP contribution is -2.25. The molecule has 0 saturated carbocycles. The predicted molar refractivity (Wildman–Crippen MR) is 72.8 cm³/mol. The summed E-state index contributed by atoms with van der Waals surface area (Å²) in [6.45, 7) is 2.73. The number of hydrogen-bond donors (Lipinski definition) is 2. The SMILES string of the molecule is CCCC/C=C/CC(=O)NCCSCC(N)=O. The van der Waals surface area contributed by atoms with Crippen molar-refractivity contribution < 1.29 is 9.59 Å². The van der Waals surface area contributed by atoms with Gasteiger partial charge < -0.3 is 11.1 Å². The van der Waals surface area contributed by atoms with Gasteiger partial charge in [0, 0.05) is 18.7 Å². The van der Waals surface area contributed by atoms with Crippen molar-refractivity contribution in [2.24, 2.45) is 5.73 Å². The molecule has 0 heterocycles. The van der Waals surface area contributed by atoms with Crippen molar-refractivity contribution >= 4 is 23.6 Å². The van der Waals surface area contributed by atoms with Crippen LogP contribution in [0, 0.1) is 0 Å². The third-order valence-corrected chi connectivity index (χ3v) is 2.99. The van der Waals surface area contributed by atoms with Gasteiger partial charge in [0.15, 0.2) is 0 Å². The normalized spacial score (nSPS) is 10.6. The smallest absolute Gasteiger partial charge is 0.227 e. The van der Waals surface area contributed by atoms with Crippen LogP contribution in [0.1, 0.15) is 32.6 Å². The highest BCUT2D eigenvalue weighted by atomic mass is 32.2. The zero-order valence-corrected chi connectivity index (χ0v) is 11.2. The quantitative estimate of drug-likeness (QED) is 0.460. The van der Waals surface area contributed by atoms with E-state index in [0.717, 1.165) is 6.42 Å². The van der Waals surface area contributed by atoms with Gasteiger partial charge in [0.05, 0.1) is 5.75 Å². The molecule has 0 aromatic heterocycles. The first-order valence-electron chi connectivity index (χ1n) is 5.94. The van der Waals surface area contributed by atoms with Crippen LogP contribution in [0.2, 0.25) is 0 Å². The zero-order chi connectivity index (χ0) is 12.9. The summed E-state index contributed by atoms with van der Waals surface area (Å²) in [6, 6.07) is 0. The van der Waals surface area contributed by atoms with Crippen molar-refractivity contribution in [2.45, 2.75) is 32.6 Å². The van der Waals surface area contributed by atoms with E-state index >= 15 is 0 Å². The van der Waals surface area contributed by atoms with Crippen LogP contribution in [0.4, 0.5) is 0 Å². The van der Waals surface area contributed by atoms with Crippen molar-refractivity contribution in [3.8, 4) is 0 Å². The minimum Gasteiger partial charge on any atom is -0.369 e. The Balaban J connectivity index is 3.34. The van der Waals surface area contributed by atoms with Crippen molar-refractivity contribution in [3.63, 3.8) is 0 Å². The Morgan fingerprint density at radius 2 is 2.12 bits per heavy atom. The Hall–Kier alpha value is -0.970. The largest absolute Gasteiger partial charge is 0.369 e. The fourth-order valence-corrected chi connectivity index (χ4v) is 1.73. The van der Waals surface area contributed by atoms with Gasteiger partial charge in [-0.3, -0.25) is 9.59 Å². The number of unbranched alkanes of at least 4 members (excludes halogenated alkanes) is 2. The van der Waals surface area contributed by atoms with E-state index in [0.29, 0.717) is 24.5 Å². The summed E-state index contributed by atoms with van der Waals surface area (Å²) in [7, 11) is 0. The minimum absolute atomic E-state index is 0.0254. The fourth-order valence-electron chi connectivity index (χ4n) is 1.14. The van der Waals surface area contributed by atoms with Crippen molar-refractivity contribution in [1.82, 2.24) is 5.32 Å². The molecule has 5 heteroatoms. The van der Waals surface area contributed by atoms with Gasteiger partial charge in [-0.1, -0.05) is 31.9 Å². The lowest BCUT2D eigenvalue weighted by molar-refractivity contribution is -0.120. The van der Waals surface area contributed by atoms with Gasteiger partial charge >= 0.3 is 0 Å². The van der Waals surface area contributed by atoms with Crippen LogP contribution in [0.15, 0.2) is 12.2 Å². The Bertz CT molecular complexity index is 255. The molecule has 17 heavy (non-hydrogen) atoms. The number of carbonyl (C=O) groups excluding carboxylic acids is 2. The van der Waals surface area contributed by atoms with Crippen LogP contribution >= 0.6 is 11.8 Å². The monoisotopic (exact) mass is 258 g/mol. The standard InChI is InChI=1S/C12H22N2O2S/c1-2-3-4-5-6-7-12(16)14-8-9-17-10-11(13)15/h5-6H,2-4,7-10H2,1H3,(H2,13,15)(H,14,16)/b6-5+. The van der Waals surface area contributed by atoms with Gasteiger partial charge in [-0.2, -0.15) is 11.8 Å². The molecular formula is C12H22N2O2S. The summed E-state index contributed by atoms with van der Waals surface area (Å²) >= 11 is 1.43. The Morgan fingerprint density at radius 1 is 1.35 bits per heavy atom. The van der Waals surface area contributed by atoms with E-state index in [1.54, 1.807) is 0 Å². The second-order valence-electron chi connectivity index (χ2n) is 3.69. The molecule has 0 unspecified atom stereocenters. The molecule has 0 rings (SSSR count). The first-order chi connectivity index (χ1) is 8.16. The molecule has 0 atom stereocenters. The fraction of sp³-hybridized carbons (Fsp3) is 0.667. The van der Waals surface area contributed by atoms with Gasteiger partial charge in [0.2, 0.25) is 11.8 Å². The van der Waals surface area contributed by atoms with E-state index < -0.39 is 0 Å². The highest BCUT2D eigenvalue weighted by Crippen LogP contribution is 1.97. The van der Waals surface area contributed by atoms with Gasteiger partial charge in [0.25, 0.3) is 0 Å². The van der Waals surface area contributed by atoms with E-state index in [4.69, 9.17) is 5.73 Å². The number of primary amides is 1. The van der Waals surface area contributed by atoms with E-state index in [1.165, 1.54) is 24.6 Å². The molecule has 0 aromatic rings. The zero-order valence-electron chi connectivity index (χ0n) is 10.4. The molecule has 0 fully saturated rings. The third kappa shape index (κ3) is 13.0. The van der Waals surface area contributed by atoms with Crippen molar-refractivity contribution in [3.05, 3.63) is 12.2 Å². The number of hydrogen-bond acceptors (Lipinski definition) is 3. The second kappa shape index (κ2) is 11.5. The first-order valence-corrected chi connectivity index (χ1v) is 7.10. The number of carbonyl (C=O) groups is 2. The van der Waals surface area contributed by atoms with E-state index in [9.17, 15) is 9.59 Å². The molecule has 0 radical (unpaired) electrons. The molecule has 0 spiro atoms. The molecule has 0 aliphatic carbocycles. The van der Waals surface area contributed by atoms with Crippen LogP contribution in [-0.2, 0) is 9.59 Å². The van der Waals surface area contributed by atoms with E-state index in [-0.39, 0.29) is 11.8 Å². The predicted octanol–water partition coefficient (Wildman–Crippen LogP) is 1.46. The van der Waals surface area contributed by atoms with Gasteiger partial charge in [-0.05, 0) is 6.42 Å². The first kappa shape index (κ1) is 16.0. The van der Waals surface area contributed by atoms with Crippen LogP contribution < -0.4 is 11.1 Å². The van der Waals surface area contributed by atoms with Crippen LogP contribution in [-0.4, -0.2) is 29.9 Å². The van der Waals surface area contributed by atoms with Gasteiger partial charge in [0.1, 0.15) is 0 Å². The topological polar surface area (TPSA) is 72.2 Å². The Kier molecular flexibility index (Phi) is 10.9. The third-order valence-electron chi connectivity index (χ3n) is 2.01. The van der Waals surface area contributed by atoms with Gasteiger partial charge in [-0.15, -0.1) is 0 Å². The highest BCUT2D eigenvalue weighted by Gasteiger charge is 1.98. The molecule has 3 N–H and O–H groups in total. The van der Waals surface area contributed by atoms with Crippen LogP contribution in [0.3, 0.4) is 0 Å². The maximum absolute atomic E-state index is 11.3. The van der Waals surface area contributed by atoms with Crippen molar-refractivity contribution in [2.75, 3.05) is 18.1 Å². The number of allylic oxidation sites excluding steroid dienone is 1. The average molecular weight is 258 g/mol. The molecule has 98 valence electrons. The van der Waals surface area contributed by atoms with Crippen LogP contribution in [0.5, 0.6) is 0 Å². The Labute approximate surface area is 107 Å². The number of nitrogens with one attached hydrogen (secondary N) is 1. The Morgan fingerprint density at radius 3 is 2.76 bits per heavy atom. The molecule has 0 aliphatic rings. The lowest BCUT2D eigenvalue weighted by atomic mass is 10.2. The summed E-state index contributed by atoms with van der Waals surface area (Å²) in [5, 5.41) is 2.78. The molecule has 2 amide bonds. The van der Waals surface area contributed by atoms with Crippen molar-refractivity contribution in [1.29, 1.82) is 0 Å². The number of thioether (sulfide) groups is 1. The number of amides is 2. The second-order valence-corrected chi connectivity index (χ2v) is 4.79. The summed E-state index contributed by atoms with van der Waals surface area (Å²) < 4.78 is 0. The molecule has 0 saturated heterocycles. The maximum atomic E-state index is 11.3. The van der Waals surface area contributed by atoms with Gasteiger partial charge in [-0.25, -0.2) is 0 Å². The summed E-state index contributed by atoms with van der Waals surface area (Å²) in [5.74, 6) is 0.735. The number of rotatable bonds is 10. The molecule has 0 aromatic carbocycles. The molecular weight excluding hydrogens is 236 g/mol. The summed E-state index contributed by atoms with van der Waals surface area (Å²) in [5.41, 5.74) is 4.98. The lowest BCUT2D eigenvalue weighted by Gasteiger charge is -2.02. The molecule has 4 nitrogen and oxygen atoms in total. The van der Waals surface area contributed by atoms with E-state index in [2.05, 4.69) is 12.2 Å². The van der Waals surface area contributed by atoms with E-state index in [1.807, 2.05) is 12.2 Å². The van der Waals surface area contributed by atoms with Crippen LogP contribution in [0.25, 0.3) is 0 Å². The molecule has 0 aliphatic heterocycles. The maximum Gasteiger partial charge on any atom is 0.227 e. The summed E-state index contributed by atoms with van der Waals surface area (Å²) in [6.07, 6.45) is 7.77. The number of nitrogens with two attached hydrogens (primary N) is 1. The average Bonchev–Trinajstić information content (AvgIpc) is 2.28. The minimum atomic E-state index is -0.319. The molecule has 0 bridgehead atoms. The highest BCUT2D eigenvalue weighted by molar-refractivity contribution is 7.99.